The van der Waals surface area contributed by atoms with E-state index < -0.39 is 5.97 Å². The van der Waals surface area contributed by atoms with Crippen molar-refractivity contribution in [3.8, 4) is 0 Å². The number of carbonyl (C=O) groups is 3. The highest BCUT2D eigenvalue weighted by molar-refractivity contribution is 5.95. The molecule has 1 aromatic rings. The lowest BCUT2D eigenvalue weighted by molar-refractivity contribution is -0.139. The Morgan fingerprint density at radius 2 is 1.87 bits per heavy atom. The van der Waals surface area contributed by atoms with E-state index >= 15 is 0 Å². The van der Waals surface area contributed by atoms with Crippen molar-refractivity contribution in [1.82, 2.24) is 20.9 Å². The zero-order valence-electron chi connectivity index (χ0n) is 17.6. The molecule has 1 aromatic carbocycles. The van der Waals surface area contributed by atoms with Gasteiger partial charge in [-0.1, -0.05) is 25.1 Å². The van der Waals surface area contributed by atoms with Crippen LogP contribution in [0.15, 0.2) is 41.6 Å². The maximum Gasteiger partial charge on any atom is 0.337 e. The van der Waals surface area contributed by atoms with E-state index in [1.165, 1.54) is 0 Å². The van der Waals surface area contributed by atoms with Gasteiger partial charge in [0, 0.05) is 36.9 Å². The molecular weight excluding hydrogens is 384 g/mol. The molecule has 1 atom stereocenters. The van der Waals surface area contributed by atoms with Crippen molar-refractivity contribution in [2.75, 3.05) is 26.2 Å². The molecule has 0 saturated carbocycles. The molecule has 0 unspecified atom stereocenters. The van der Waals surface area contributed by atoms with Gasteiger partial charge in [-0.2, -0.15) is 0 Å². The Morgan fingerprint density at radius 3 is 2.50 bits per heavy atom. The number of urea groups is 1. The molecule has 3 N–H and O–H groups in total. The summed E-state index contributed by atoms with van der Waals surface area (Å²) in [5, 5.41) is 8.69. The highest BCUT2D eigenvalue weighted by Gasteiger charge is 2.33. The Balaban J connectivity index is 1.61. The average Bonchev–Trinajstić information content (AvgIpc) is 2.75. The number of likely N-dealkylation sites (tertiary alicyclic amines) is 1. The first-order chi connectivity index (χ1) is 14.5. The predicted octanol–water partition coefficient (Wildman–Crippen LogP) is 1.79. The number of nitrogens with one attached hydrogen (secondary N) is 3. The lowest BCUT2D eigenvalue weighted by atomic mass is 9.98. The lowest BCUT2D eigenvalue weighted by Gasteiger charge is -2.35. The standard InChI is InChI=1S/C22H30N4O4/c1-3-17-19(21(28)30-4-2)18(25-22(29)24-17)14-26-12-10-16(11-13-26)23-20(27)15-8-6-5-7-9-15/h5-9,16-17H,3-4,10-14H2,1-2H3,(H,23,27)(H2,24,25,29)/t17-/m1/s1. The van der Waals surface area contributed by atoms with Crippen LogP contribution in [-0.2, 0) is 9.53 Å². The number of benzene rings is 1. The number of hydrogen-bond donors (Lipinski definition) is 3. The quantitative estimate of drug-likeness (QED) is 0.591. The van der Waals surface area contributed by atoms with Gasteiger partial charge in [0.2, 0.25) is 0 Å². The van der Waals surface area contributed by atoms with E-state index in [1.54, 1.807) is 19.1 Å². The molecule has 2 aliphatic heterocycles. The minimum atomic E-state index is -0.392. The van der Waals surface area contributed by atoms with Gasteiger partial charge in [0.25, 0.3) is 5.91 Å². The van der Waals surface area contributed by atoms with Crippen molar-refractivity contribution in [3.05, 3.63) is 47.2 Å². The fourth-order valence-electron chi connectivity index (χ4n) is 3.90. The first-order valence-electron chi connectivity index (χ1n) is 10.6. The summed E-state index contributed by atoms with van der Waals surface area (Å²) in [6.45, 7) is 5.97. The SMILES string of the molecule is CCOC(=O)C1=C(CN2CCC(NC(=O)c3ccccc3)CC2)NC(=O)N[C@@H]1CC. The van der Waals surface area contributed by atoms with Gasteiger partial charge in [-0.3, -0.25) is 9.69 Å². The summed E-state index contributed by atoms with van der Waals surface area (Å²) in [5.74, 6) is -0.449. The highest BCUT2D eigenvalue weighted by Crippen LogP contribution is 2.20. The fraction of sp³-hybridized carbons (Fsp3) is 0.500. The zero-order chi connectivity index (χ0) is 21.5. The van der Waals surface area contributed by atoms with Crippen LogP contribution in [0.1, 0.15) is 43.5 Å². The minimum absolute atomic E-state index is 0.0576. The van der Waals surface area contributed by atoms with Crippen molar-refractivity contribution in [1.29, 1.82) is 0 Å². The summed E-state index contributed by atoms with van der Waals surface area (Å²) < 4.78 is 5.22. The number of amides is 3. The molecule has 8 nitrogen and oxygen atoms in total. The van der Waals surface area contributed by atoms with Gasteiger partial charge in [0.1, 0.15) is 0 Å². The highest BCUT2D eigenvalue weighted by atomic mass is 16.5. The molecular formula is C22H30N4O4. The van der Waals surface area contributed by atoms with Crippen LogP contribution in [0.3, 0.4) is 0 Å². The normalized spacial score (nSPS) is 20.3. The molecule has 0 aromatic heterocycles. The van der Waals surface area contributed by atoms with Gasteiger partial charge < -0.3 is 20.7 Å². The van der Waals surface area contributed by atoms with Crippen LogP contribution in [0.25, 0.3) is 0 Å². The summed E-state index contributed by atoms with van der Waals surface area (Å²) in [6, 6.07) is 8.66. The smallest absolute Gasteiger partial charge is 0.337 e. The predicted molar refractivity (Wildman–Crippen MR) is 113 cm³/mol. The minimum Gasteiger partial charge on any atom is -0.463 e. The van der Waals surface area contributed by atoms with Crippen molar-refractivity contribution in [2.45, 2.75) is 45.2 Å². The molecule has 3 rings (SSSR count). The molecule has 0 bridgehead atoms. The second-order valence-electron chi connectivity index (χ2n) is 7.56. The van der Waals surface area contributed by atoms with Crippen LogP contribution in [0.5, 0.6) is 0 Å². The van der Waals surface area contributed by atoms with E-state index in [0.717, 1.165) is 25.9 Å². The van der Waals surface area contributed by atoms with Crippen LogP contribution in [0.2, 0.25) is 0 Å². The molecule has 1 saturated heterocycles. The summed E-state index contributed by atoms with van der Waals surface area (Å²) >= 11 is 0. The number of ether oxygens (including phenoxy) is 1. The Morgan fingerprint density at radius 1 is 1.17 bits per heavy atom. The van der Waals surface area contributed by atoms with E-state index in [9.17, 15) is 14.4 Å². The number of nitrogens with zero attached hydrogens (tertiary/aromatic N) is 1. The van der Waals surface area contributed by atoms with Crippen LogP contribution >= 0.6 is 0 Å². The van der Waals surface area contributed by atoms with Crippen LogP contribution in [0, 0.1) is 0 Å². The second-order valence-corrected chi connectivity index (χ2v) is 7.56. The Labute approximate surface area is 177 Å². The summed E-state index contributed by atoms with van der Waals surface area (Å²) in [6.07, 6.45) is 2.23. The molecule has 0 spiro atoms. The molecule has 162 valence electrons. The number of piperidine rings is 1. The van der Waals surface area contributed by atoms with Gasteiger partial charge in [-0.05, 0) is 38.3 Å². The first-order valence-corrected chi connectivity index (χ1v) is 10.6. The third kappa shape index (κ3) is 5.38. The van der Waals surface area contributed by atoms with Crippen LogP contribution in [-0.4, -0.2) is 61.1 Å². The van der Waals surface area contributed by atoms with E-state index in [0.29, 0.717) is 29.8 Å². The van der Waals surface area contributed by atoms with Gasteiger partial charge in [-0.25, -0.2) is 9.59 Å². The number of esters is 1. The number of hydrogen-bond acceptors (Lipinski definition) is 5. The van der Waals surface area contributed by atoms with E-state index in [-0.39, 0.29) is 30.6 Å². The molecule has 30 heavy (non-hydrogen) atoms. The van der Waals surface area contributed by atoms with Crippen LogP contribution < -0.4 is 16.0 Å². The van der Waals surface area contributed by atoms with E-state index in [2.05, 4.69) is 20.9 Å². The maximum atomic E-state index is 12.5. The van der Waals surface area contributed by atoms with Crippen molar-refractivity contribution in [2.24, 2.45) is 0 Å². The number of rotatable bonds is 7. The molecule has 8 heteroatoms. The van der Waals surface area contributed by atoms with Crippen molar-refractivity contribution >= 4 is 17.9 Å². The molecule has 0 radical (unpaired) electrons. The third-order valence-electron chi connectivity index (χ3n) is 5.49. The Bertz CT molecular complexity index is 801. The maximum absolute atomic E-state index is 12.5. The van der Waals surface area contributed by atoms with E-state index in [1.807, 2.05) is 25.1 Å². The molecule has 2 heterocycles. The summed E-state index contributed by atoms with van der Waals surface area (Å²) in [5.41, 5.74) is 1.77. The Hall–Kier alpha value is -2.87. The van der Waals surface area contributed by atoms with Gasteiger partial charge in [-0.15, -0.1) is 0 Å². The average molecular weight is 415 g/mol. The van der Waals surface area contributed by atoms with Crippen molar-refractivity contribution in [3.63, 3.8) is 0 Å². The lowest BCUT2D eigenvalue weighted by Crippen LogP contribution is -2.53. The largest absolute Gasteiger partial charge is 0.463 e. The fourth-order valence-corrected chi connectivity index (χ4v) is 3.90. The molecule has 1 fully saturated rings. The zero-order valence-corrected chi connectivity index (χ0v) is 17.6. The first kappa shape index (κ1) is 21.8. The van der Waals surface area contributed by atoms with Crippen molar-refractivity contribution < 1.29 is 19.1 Å². The second kappa shape index (κ2) is 10.2. The summed E-state index contributed by atoms with van der Waals surface area (Å²) in [7, 11) is 0. The van der Waals surface area contributed by atoms with Crippen LogP contribution in [0.4, 0.5) is 4.79 Å². The monoisotopic (exact) mass is 414 g/mol. The van der Waals surface area contributed by atoms with Gasteiger partial charge in [0.15, 0.2) is 0 Å². The molecule has 0 aliphatic carbocycles. The topological polar surface area (TPSA) is 99.8 Å². The number of carbonyl (C=O) groups excluding carboxylic acids is 3. The Kier molecular flexibility index (Phi) is 7.46. The van der Waals surface area contributed by atoms with Gasteiger partial charge >= 0.3 is 12.0 Å². The molecule has 2 aliphatic rings. The van der Waals surface area contributed by atoms with E-state index in [4.69, 9.17) is 4.74 Å². The van der Waals surface area contributed by atoms with Gasteiger partial charge in [0.05, 0.1) is 18.2 Å². The molecule has 3 amide bonds. The third-order valence-corrected chi connectivity index (χ3v) is 5.49. The summed E-state index contributed by atoms with van der Waals surface area (Å²) in [4.78, 5) is 39.1.